The molecule has 0 heterocycles. The second-order valence-electron chi connectivity index (χ2n) is 6.08. The Morgan fingerprint density at radius 3 is 2.46 bits per heavy atom. The van der Waals surface area contributed by atoms with Gasteiger partial charge in [0.25, 0.3) is 5.91 Å². The van der Waals surface area contributed by atoms with Crippen LogP contribution >= 0.6 is 11.6 Å². The summed E-state index contributed by atoms with van der Waals surface area (Å²) in [6, 6.07) is 16.3. The van der Waals surface area contributed by atoms with Gasteiger partial charge in [0.2, 0.25) is 0 Å². The van der Waals surface area contributed by atoms with Crippen molar-refractivity contribution in [2.45, 2.75) is 18.4 Å². The van der Waals surface area contributed by atoms with Crippen molar-refractivity contribution in [2.75, 3.05) is 13.2 Å². The zero-order chi connectivity index (χ0) is 17.0. The minimum atomic E-state index is -1.02. The molecular weight excluding hydrogens is 326 g/mol. The summed E-state index contributed by atoms with van der Waals surface area (Å²) in [7, 11) is 0. The smallest absolute Gasteiger partial charge is 0.258 e. The predicted octanol–water partition coefficient (Wildman–Crippen LogP) is 3.13. The molecule has 0 aliphatic heterocycles. The first-order chi connectivity index (χ1) is 11.6. The molecule has 0 aromatic heterocycles. The average molecular weight is 346 g/mol. The molecular formula is C19H20ClNO3. The van der Waals surface area contributed by atoms with Crippen LogP contribution in [-0.4, -0.2) is 24.2 Å². The molecule has 0 bridgehead atoms. The van der Waals surface area contributed by atoms with Crippen LogP contribution in [0.1, 0.15) is 18.4 Å². The fraction of sp³-hybridized carbons (Fsp3) is 0.316. The van der Waals surface area contributed by atoms with Crippen molar-refractivity contribution >= 4 is 17.5 Å². The number of benzene rings is 2. The molecule has 0 spiro atoms. The second-order valence-corrected chi connectivity index (χ2v) is 6.52. The van der Waals surface area contributed by atoms with Gasteiger partial charge in [0.05, 0.1) is 6.54 Å². The van der Waals surface area contributed by atoms with Gasteiger partial charge in [0, 0.05) is 5.02 Å². The lowest BCUT2D eigenvalue weighted by molar-refractivity contribution is -0.124. The number of amides is 1. The summed E-state index contributed by atoms with van der Waals surface area (Å²) < 4.78 is 5.42. The van der Waals surface area contributed by atoms with Gasteiger partial charge in [-0.2, -0.15) is 0 Å². The SMILES string of the molecule is O=C(COc1ccc(Cl)cc1)NC[C@](O)(c1ccccc1)C1CC1. The van der Waals surface area contributed by atoms with Crippen LogP contribution in [0.5, 0.6) is 5.75 Å². The largest absolute Gasteiger partial charge is 0.484 e. The number of rotatable bonds is 7. The van der Waals surface area contributed by atoms with Gasteiger partial charge in [-0.15, -0.1) is 0 Å². The highest BCUT2D eigenvalue weighted by atomic mass is 35.5. The van der Waals surface area contributed by atoms with Crippen molar-refractivity contribution in [2.24, 2.45) is 5.92 Å². The van der Waals surface area contributed by atoms with Crippen LogP contribution in [0.25, 0.3) is 0 Å². The third kappa shape index (κ3) is 4.08. The molecule has 0 radical (unpaired) electrons. The summed E-state index contributed by atoms with van der Waals surface area (Å²) in [5.74, 6) is 0.507. The van der Waals surface area contributed by atoms with Crippen LogP contribution < -0.4 is 10.1 Å². The number of hydrogen-bond acceptors (Lipinski definition) is 3. The Kier molecular flexibility index (Phi) is 5.07. The van der Waals surface area contributed by atoms with Gasteiger partial charge in [0.15, 0.2) is 6.61 Å². The number of carbonyl (C=O) groups excluding carboxylic acids is 1. The van der Waals surface area contributed by atoms with Crippen LogP contribution in [0, 0.1) is 5.92 Å². The van der Waals surface area contributed by atoms with Crippen LogP contribution in [0.3, 0.4) is 0 Å². The van der Waals surface area contributed by atoms with Gasteiger partial charge in [-0.05, 0) is 48.6 Å². The van der Waals surface area contributed by atoms with Crippen molar-refractivity contribution in [3.8, 4) is 5.75 Å². The molecule has 3 rings (SSSR count). The highest BCUT2D eigenvalue weighted by molar-refractivity contribution is 6.30. The van der Waals surface area contributed by atoms with Crippen molar-refractivity contribution in [3.63, 3.8) is 0 Å². The predicted molar refractivity (Wildman–Crippen MR) is 93.0 cm³/mol. The van der Waals surface area contributed by atoms with Crippen molar-refractivity contribution in [1.29, 1.82) is 0 Å². The molecule has 0 saturated heterocycles. The van der Waals surface area contributed by atoms with E-state index in [-0.39, 0.29) is 25.0 Å². The summed E-state index contributed by atoms with van der Waals surface area (Å²) in [6.45, 7) is 0.0850. The van der Waals surface area contributed by atoms with Gasteiger partial charge in [-0.25, -0.2) is 0 Å². The maximum Gasteiger partial charge on any atom is 0.258 e. The summed E-state index contributed by atoms with van der Waals surface area (Å²) in [5, 5.41) is 14.4. The van der Waals surface area contributed by atoms with Crippen molar-refractivity contribution in [3.05, 3.63) is 65.2 Å². The van der Waals surface area contributed by atoms with Gasteiger partial charge in [-0.3, -0.25) is 4.79 Å². The summed E-state index contributed by atoms with van der Waals surface area (Å²) >= 11 is 5.81. The molecule has 2 aromatic carbocycles. The van der Waals surface area contributed by atoms with Crippen LogP contribution in [-0.2, 0) is 10.4 Å². The molecule has 1 aliphatic rings. The molecule has 0 unspecified atom stereocenters. The third-order valence-corrected chi connectivity index (χ3v) is 4.52. The van der Waals surface area contributed by atoms with Crippen LogP contribution in [0.2, 0.25) is 5.02 Å². The molecule has 1 saturated carbocycles. The van der Waals surface area contributed by atoms with Crippen LogP contribution in [0.4, 0.5) is 0 Å². The first kappa shape index (κ1) is 16.8. The van der Waals surface area contributed by atoms with Gasteiger partial charge in [-0.1, -0.05) is 41.9 Å². The van der Waals surface area contributed by atoms with E-state index in [0.717, 1.165) is 18.4 Å². The molecule has 4 nitrogen and oxygen atoms in total. The van der Waals surface area contributed by atoms with Crippen molar-refractivity contribution < 1.29 is 14.6 Å². The molecule has 5 heteroatoms. The zero-order valence-corrected chi connectivity index (χ0v) is 14.0. The number of nitrogens with one attached hydrogen (secondary N) is 1. The first-order valence-corrected chi connectivity index (χ1v) is 8.39. The average Bonchev–Trinajstić information content (AvgIpc) is 3.45. The Bertz CT molecular complexity index is 686. The first-order valence-electron chi connectivity index (χ1n) is 8.01. The highest BCUT2D eigenvalue weighted by Gasteiger charge is 2.45. The highest BCUT2D eigenvalue weighted by Crippen LogP contribution is 2.45. The molecule has 24 heavy (non-hydrogen) atoms. The Morgan fingerprint density at radius 1 is 1.17 bits per heavy atom. The molecule has 2 N–H and O–H groups in total. The van der Waals surface area contributed by atoms with E-state index < -0.39 is 5.60 Å². The number of halogens is 1. The lowest BCUT2D eigenvalue weighted by Crippen LogP contribution is -2.43. The summed E-state index contributed by atoms with van der Waals surface area (Å²) in [6.07, 6.45) is 1.95. The fourth-order valence-corrected chi connectivity index (χ4v) is 2.86. The van der Waals surface area contributed by atoms with E-state index >= 15 is 0 Å². The second kappa shape index (κ2) is 7.24. The topological polar surface area (TPSA) is 58.6 Å². The number of hydrogen-bond donors (Lipinski definition) is 2. The third-order valence-electron chi connectivity index (χ3n) is 4.27. The summed E-state index contributed by atoms with van der Waals surface area (Å²) in [4.78, 5) is 12.0. The van der Waals surface area contributed by atoms with E-state index in [1.54, 1.807) is 24.3 Å². The Balaban J connectivity index is 1.55. The standard InChI is InChI=1S/C19H20ClNO3/c20-16-8-10-17(11-9-16)24-12-18(22)21-13-19(23,15-6-7-15)14-4-2-1-3-5-14/h1-5,8-11,15,23H,6-7,12-13H2,(H,21,22)/t19-/m0/s1. The summed E-state index contributed by atoms with van der Waals surface area (Å²) in [5.41, 5.74) is -0.177. The number of ether oxygens (including phenoxy) is 1. The molecule has 126 valence electrons. The number of carbonyl (C=O) groups is 1. The van der Waals surface area contributed by atoms with Crippen molar-refractivity contribution in [1.82, 2.24) is 5.32 Å². The normalized spacial score (nSPS) is 16.2. The van der Waals surface area contributed by atoms with E-state index in [4.69, 9.17) is 16.3 Å². The van der Waals surface area contributed by atoms with Gasteiger partial charge >= 0.3 is 0 Å². The van der Waals surface area contributed by atoms with E-state index in [0.29, 0.717) is 10.8 Å². The maximum absolute atomic E-state index is 12.0. The Morgan fingerprint density at radius 2 is 1.83 bits per heavy atom. The van der Waals surface area contributed by atoms with Crippen LogP contribution in [0.15, 0.2) is 54.6 Å². The van der Waals surface area contributed by atoms with Gasteiger partial charge in [0.1, 0.15) is 11.4 Å². The minimum absolute atomic E-state index is 0.100. The fourth-order valence-electron chi connectivity index (χ4n) is 2.73. The Labute approximate surface area is 146 Å². The number of aliphatic hydroxyl groups is 1. The molecule has 1 fully saturated rings. The quantitative estimate of drug-likeness (QED) is 0.810. The monoisotopic (exact) mass is 345 g/mol. The lowest BCUT2D eigenvalue weighted by Gasteiger charge is -2.29. The molecule has 1 amide bonds. The van der Waals surface area contributed by atoms with E-state index in [9.17, 15) is 9.90 Å². The Hall–Kier alpha value is -2.04. The minimum Gasteiger partial charge on any atom is -0.484 e. The molecule has 2 aromatic rings. The lowest BCUT2D eigenvalue weighted by atomic mass is 9.88. The van der Waals surface area contributed by atoms with E-state index in [1.165, 1.54) is 0 Å². The molecule has 1 aliphatic carbocycles. The van der Waals surface area contributed by atoms with Gasteiger partial charge < -0.3 is 15.2 Å². The van der Waals surface area contributed by atoms with E-state index in [2.05, 4.69) is 5.32 Å². The zero-order valence-electron chi connectivity index (χ0n) is 13.2. The molecule has 1 atom stereocenters. The van der Waals surface area contributed by atoms with E-state index in [1.807, 2.05) is 30.3 Å². The maximum atomic E-state index is 12.0.